The zero-order chi connectivity index (χ0) is 24.1. The first kappa shape index (κ1) is 23.1. The zero-order valence-electron chi connectivity index (χ0n) is 18.3. The van der Waals surface area contributed by atoms with Crippen LogP contribution in [0.5, 0.6) is 5.75 Å². The van der Waals surface area contributed by atoms with E-state index in [1.807, 2.05) is 36.4 Å². The molecule has 8 heteroatoms. The summed E-state index contributed by atoms with van der Waals surface area (Å²) in [5.74, 6) is -1.27. The van der Waals surface area contributed by atoms with E-state index in [9.17, 15) is 14.3 Å². The monoisotopic (exact) mass is 475 g/mol. The number of nitrogens with zero attached hydrogens (tertiary/aromatic N) is 1. The van der Waals surface area contributed by atoms with Crippen molar-refractivity contribution in [2.24, 2.45) is 0 Å². The Morgan fingerprint density at radius 3 is 2.50 bits per heavy atom. The smallest absolute Gasteiger partial charge is 0.341 e. The van der Waals surface area contributed by atoms with Gasteiger partial charge in [0.2, 0.25) is 0 Å². The van der Waals surface area contributed by atoms with Gasteiger partial charge in [-0.1, -0.05) is 42.5 Å². The number of fused-ring (bicyclic) bond motifs is 1. The molecule has 0 radical (unpaired) electrons. The number of phenols is 1. The van der Waals surface area contributed by atoms with Gasteiger partial charge < -0.3 is 20.5 Å². The van der Waals surface area contributed by atoms with Crippen LogP contribution in [0, 0.1) is 5.82 Å². The number of aromatic hydroxyl groups is 1. The van der Waals surface area contributed by atoms with Crippen molar-refractivity contribution in [1.29, 1.82) is 0 Å². The van der Waals surface area contributed by atoms with Crippen LogP contribution in [0.4, 0.5) is 10.1 Å². The van der Waals surface area contributed by atoms with Crippen LogP contribution in [0.1, 0.15) is 27.0 Å². The highest BCUT2D eigenvalue weighted by atomic mass is 32.1. The average Bonchev–Trinajstić information content (AvgIpc) is 2.86. The summed E-state index contributed by atoms with van der Waals surface area (Å²) >= 11 is 5.46. The Balaban J connectivity index is 1.67. The minimum Gasteiger partial charge on any atom is -0.505 e. The van der Waals surface area contributed by atoms with Gasteiger partial charge in [-0.15, -0.1) is 0 Å². The molecular weight excluding hydrogens is 453 g/mol. The number of ether oxygens (including phenoxy) is 1. The minimum atomic E-state index is -0.692. The van der Waals surface area contributed by atoms with Crippen LogP contribution < -0.4 is 10.6 Å². The standard InChI is InChI=1S/C26H22FN3O3S/c1-33-25(32)21-13-22(30-26(34)29-14-17-5-3-2-4-6-17)20-12-18(15-28-23(20)24(21)31)11-16-7-9-19(27)10-8-16/h2-10,12-13,15,31H,11,14H2,1H3,(H2,29,30,34). The third-order valence-corrected chi connectivity index (χ3v) is 5.52. The Hall–Kier alpha value is -4.04. The van der Waals surface area contributed by atoms with Gasteiger partial charge in [0, 0.05) is 18.1 Å². The van der Waals surface area contributed by atoms with Crippen LogP contribution in [0.3, 0.4) is 0 Å². The number of thiocarbonyl (C=S) groups is 1. The highest BCUT2D eigenvalue weighted by Gasteiger charge is 2.20. The number of phenolic OH excluding ortho intramolecular Hbond substituents is 1. The highest BCUT2D eigenvalue weighted by molar-refractivity contribution is 7.80. The second kappa shape index (κ2) is 10.3. The Morgan fingerprint density at radius 2 is 1.79 bits per heavy atom. The van der Waals surface area contributed by atoms with E-state index < -0.39 is 5.97 Å². The molecule has 0 aliphatic rings. The van der Waals surface area contributed by atoms with E-state index >= 15 is 0 Å². The predicted octanol–water partition coefficient (Wildman–Crippen LogP) is 4.94. The normalized spacial score (nSPS) is 10.6. The van der Waals surface area contributed by atoms with E-state index in [-0.39, 0.29) is 22.6 Å². The van der Waals surface area contributed by atoms with Gasteiger partial charge in [-0.3, -0.25) is 4.98 Å². The molecular formula is C26H22FN3O3S. The molecule has 0 aliphatic heterocycles. The number of benzene rings is 3. The Bertz CT molecular complexity index is 1350. The molecule has 0 aliphatic carbocycles. The van der Waals surface area contributed by atoms with Gasteiger partial charge in [0.15, 0.2) is 10.9 Å². The largest absolute Gasteiger partial charge is 0.505 e. The van der Waals surface area contributed by atoms with Crippen LogP contribution in [-0.4, -0.2) is 28.3 Å². The summed E-state index contributed by atoms with van der Waals surface area (Å²) in [6.45, 7) is 0.514. The molecule has 1 heterocycles. The maximum Gasteiger partial charge on any atom is 0.341 e. The van der Waals surface area contributed by atoms with Crippen LogP contribution in [0.15, 0.2) is 72.9 Å². The second-order valence-electron chi connectivity index (χ2n) is 7.65. The number of pyridine rings is 1. The topological polar surface area (TPSA) is 83.5 Å². The van der Waals surface area contributed by atoms with Crippen molar-refractivity contribution >= 4 is 39.9 Å². The average molecular weight is 476 g/mol. The Morgan fingerprint density at radius 1 is 1.06 bits per heavy atom. The molecule has 0 bridgehead atoms. The van der Waals surface area contributed by atoms with E-state index in [1.54, 1.807) is 18.3 Å². The zero-order valence-corrected chi connectivity index (χ0v) is 19.2. The number of carbonyl (C=O) groups excluding carboxylic acids is 1. The lowest BCUT2D eigenvalue weighted by Crippen LogP contribution is -2.28. The molecule has 0 saturated carbocycles. The first-order chi connectivity index (χ1) is 16.4. The lowest BCUT2D eigenvalue weighted by atomic mass is 10.0. The molecule has 0 atom stereocenters. The number of hydrogen-bond donors (Lipinski definition) is 3. The molecule has 4 aromatic rings. The number of halogens is 1. The second-order valence-corrected chi connectivity index (χ2v) is 8.06. The lowest BCUT2D eigenvalue weighted by molar-refractivity contribution is 0.0598. The van der Waals surface area contributed by atoms with Crippen molar-refractivity contribution in [2.45, 2.75) is 13.0 Å². The van der Waals surface area contributed by atoms with E-state index in [0.717, 1.165) is 16.7 Å². The van der Waals surface area contributed by atoms with Crippen LogP contribution in [0.25, 0.3) is 10.9 Å². The third kappa shape index (κ3) is 5.29. The van der Waals surface area contributed by atoms with Crippen LogP contribution in [-0.2, 0) is 17.7 Å². The lowest BCUT2D eigenvalue weighted by Gasteiger charge is -2.16. The fraction of sp³-hybridized carbons (Fsp3) is 0.115. The third-order valence-electron chi connectivity index (χ3n) is 5.27. The number of aromatic nitrogens is 1. The van der Waals surface area contributed by atoms with Crippen molar-refractivity contribution in [3.05, 3.63) is 101 Å². The number of nitrogens with one attached hydrogen (secondary N) is 2. The summed E-state index contributed by atoms with van der Waals surface area (Å²) in [4.78, 5) is 16.6. The van der Waals surface area contributed by atoms with Crippen molar-refractivity contribution in [3.63, 3.8) is 0 Å². The summed E-state index contributed by atoms with van der Waals surface area (Å²) in [5.41, 5.74) is 3.51. The van der Waals surface area contributed by atoms with Gasteiger partial charge in [-0.25, -0.2) is 9.18 Å². The SMILES string of the molecule is COC(=O)c1cc(NC(=S)NCc2ccccc2)c2cc(Cc3ccc(F)cc3)cnc2c1O. The molecule has 1 aromatic heterocycles. The molecule has 0 amide bonds. The van der Waals surface area contributed by atoms with E-state index in [1.165, 1.54) is 25.3 Å². The van der Waals surface area contributed by atoms with Crippen LogP contribution >= 0.6 is 12.2 Å². The Kier molecular flexibility index (Phi) is 6.98. The van der Waals surface area contributed by atoms with Crippen molar-refractivity contribution in [2.75, 3.05) is 12.4 Å². The first-order valence-corrected chi connectivity index (χ1v) is 10.9. The molecule has 3 N–H and O–H groups in total. The van der Waals surface area contributed by atoms with E-state index in [0.29, 0.717) is 29.2 Å². The fourth-order valence-electron chi connectivity index (χ4n) is 3.57. The maximum atomic E-state index is 13.3. The molecule has 172 valence electrons. The number of anilines is 1. The Labute approximate surface area is 201 Å². The summed E-state index contributed by atoms with van der Waals surface area (Å²) in [6, 6.07) is 19.4. The first-order valence-electron chi connectivity index (χ1n) is 10.5. The van der Waals surface area contributed by atoms with Gasteiger partial charge in [-0.2, -0.15) is 0 Å². The quantitative estimate of drug-likeness (QED) is 0.207. The number of hydrogen-bond acceptors (Lipinski definition) is 5. The summed E-state index contributed by atoms with van der Waals surface area (Å²) in [7, 11) is 1.24. The molecule has 0 unspecified atom stereocenters. The van der Waals surface area contributed by atoms with Gasteiger partial charge in [0.1, 0.15) is 16.9 Å². The number of esters is 1. The van der Waals surface area contributed by atoms with Crippen LogP contribution in [0.2, 0.25) is 0 Å². The van der Waals surface area contributed by atoms with Crippen molar-refractivity contribution < 1.29 is 19.0 Å². The summed E-state index contributed by atoms with van der Waals surface area (Å²) in [6.07, 6.45) is 2.13. The van der Waals surface area contributed by atoms with Gasteiger partial charge >= 0.3 is 5.97 Å². The van der Waals surface area contributed by atoms with Gasteiger partial charge in [0.05, 0.1) is 12.8 Å². The molecule has 0 saturated heterocycles. The minimum absolute atomic E-state index is 0.0258. The molecule has 3 aromatic carbocycles. The molecule has 34 heavy (non-hydrogen) atoms. The fourth-order valence-corrected chi connectivity index (χ4v) is 3.75. The van der Waals surface area contributed by atoms with Crippen molar-refractivity contribution in [1.82, 2.24) is 10.3 Å². The van der Waals surface area contributed by atoms with Crippen molar-refractivity contribution in [3.8, 4) is 5.75 Å². The highest BCUT2D eigenvalue weighted by Crippen LogP contribution is 2.34. The molecule has 0 spiro atoms. The summed E-state index contributed by atoms with van der Waals surface area (Å²) in [5, 5.41) is 17.9. The van der Waals surface area contributed by atoms with E-state index in [2.05, 4.69) is 15.6 Å². The van der Waals surface area contributed by atoms with Gasteiger partial charge in [-0.05, 0) is 59.6 Å². The maximum absolute atomic E-state index is 13.3. The number of rotatable bonds is 6. The molecule has 4 rings (SSSR count). The molecule has 6 nitrogen and oxygen atoms in total. The number of methoxy groups -OCH3 is 1. The predicted molar refractivity (Wildman–Crippen MR) is 133 cm³/mol. The number of carbonyl (C=O) groups is 1. The molecule has 0 fully saturated rings. The van der Waals surface area contributed by atoms with E-state index in [4.69, 9.17) is 17.0 Å². The van der Waals surface area contributed by atoms with Gasteiger partial charge in [0.25, 0.3) is 0 Å². The summed E-state index contributed by atoms with van der Waals surface area (Å²) < 4.78 is 18.1.